The molecule has 1 aliphatic carbocycles. The fourth-order valence-corrected chi connectivity index (χ4v) is 4.75. The zero-order valence-electron chi connectivity index (χ0n) is 16.3. The monoisotopic (exact) mass is 399 g/mol. The fraction of sp³-hybridized carbons (Fsp3) is 0.200. The van der Waals surface area contributed by atoms with Crippen molar-refractivity contribution < 1.29 is 19.4 Å². The molecule has 0 radical (unpaired) electrons. The summed E-state index contributed by atoms with van der Waals surface area (Å²) in [7, 11) is 0. The highest BCUT2D eigenvalue weighted by atomic mass is 16.5. The first-order chi connectivity index (χ1) is 14.6. The molecule has 5 nitrogen and oxygen atoms in total. The van der Waals surface area contributed by atoms with E-state index in [1.807, 2.05) is 48.5 Å². The van der Waals surface area contributed by atoms with Gasteiger partial charge in [0, 0.05) is 12.5 Å². The standard InChI is InChI=1S/C25H21NO4/c27-23(28)25(22-12-6-1-7-16(22)13-14-26-25)24(29)30-15-21-19-10-4-2-8-17(19)18-9-3-5-11-20(18)21/h1-12,21,26H,13-15H2,(H,27,28). The molecule has 1 aliphatic heterocycles. The van der Waals surface area contributed by atoms with Gasteiger partial charge in [0.25, 0.3) is 0 Å². The number of carbonyl (C=O) groups excluding carboxylic acids is 1. The molecule has 1 atom stereocenters. The number of fused-ring (bicyclic) bond motifs is 4. The molecule has 0 amide bonds. The minimum absolute atomic E-state index is 0.0890. The average Bonchev–Trinajstić information content (AvgIpc) is 3.10. The van der Waals surface area contributed by atoms with E-state index in [1.165, 1.54) is 0 Å². The van der Waals surface area contributed by atoms with Crippen LogP contribution in [0, 0.1) is 0 Å². The summed E-state index contributed by atoms with van der Waals surface area (Å²) in [4.78, 5) is 25.5. The lowest BCUT2D eigenvalue weighted by atomic mass is 9.82. The Balaban J connectivity index is 1.47. The molecule has 150 valence electrons. The molecule has 0 saturated heterocycles. The van der Waals surface area contributed by atoms with Crippen molar-refractivity contribution in [3.63, 3.8) is 0 Å². The number of esters is 1. The van der Waals surface area contributed by atoms with Crippen LogP contribution in [0.3, 0.4) is 0 Å². The summed E-state index contributed by atoms with van der Waals surface area (Å²) in [5.41, 5.74) is 3.87. The van der Waals surface area contributed by atoms with Gasteiger partial charge in [0.15, 0.2) is 0 Å². The van der Waals surface area contributed by atoms with Crippen LogP contribution in [0.2, 0.25) is 0 Å². The first-order valence-corrected chi connectivity index (χ1v) is 10.0. The lowest BCUT2D eigenvalue weighted by molar-refractivity contribution is -0.164. The van der Waals surface area contributed by atoms with E-state index < -0.39 is 17.5 Å². The Bertz CT molecular complexity index is 1110. The second kappa shape index (κ2) is 7.11. The van der Waals surface area contributed by atoms with Crippen molar-refractivity contribution in [2.75, 3.05) is 13.2 Å². The highest BCUT2D eigenvalue weighted by molar-refractivity contribution is 6.05. The van der Waals surface area contributed by atoms with Gasteiger partial charge in [-0.3, -0.25) is 5.32 Å². The average molecular weight is 399 g/mol. The molecule has 0 saturated carbocycles. The lowest BCUT2D eigenvalue weighted by Crippen LogP contribution is -2.59. The highest BCUT2D eigenvalue weighted by Crippen LogP contribution is 2.44. The van der Waals surface area contributed by atoms with Gasteiger partial charge >= 0.3 is 11.9 Å². The molecule has 2 N–H and O–H groups in total. The third kappa shape index (κ3) is 2.66. The van der Waals surface area contributed by atoms with Gasteiger partial charge in [0.1, 0.15) is 6.61 Å². The molecule has 5 heteroatoms. The Labute approximate surface area is 174 Å². The Morgan fingerprint density at radius 1 is 0.933 bits per heavy atom. The molecule has 0 spiro atoms. The molecule has 2 aliphatic rings. The molecule has 1 heterocycles. The Hall–Kier alpha value is -3.44. The normalized spacial score (nSPS) is 19.5. The number of carboxylic acids is 1. The maximum Gasteiger partial charge on any atom is 0.342 e. The van der Waals surface area contributed by atoms with Crippen molar-refractivity contribution >= 4 is 11.9 Å². The molecule has 3 aromatic rings. The summed E-state index contributed by atoms with van der Waals surface area (Å²) < 4.78 is 5.72. The van der Waals surface area contributed by atoms with Crippen molar-refractivity contribution in [2.45, 2.75) is 17.9 Å². The maximum absolute atomic E-state index is 13.2. The minimum Gasteiger partial charge on any atom is -0.479 e. The number of carbonyl (C=O) groups is 2. The molecular weight excluding hydrogens is 378 g/mol. The van der Waals surface area contributed by atoms with Crippen LogP contribution in [0.4, 0.5) is 0 Å². The summed E-state index contributed by atoms with van der Waals surface area (Å²) in [6.45, 7) is 0.485. The number of ether oxygens (including phenoxy) is 1. The van der Waals surface area contributed by atoms with E-state index in [0.29, 0.717) is 18.5 Å². The van der Waals surface area contributed by atoms with Crippen molar-refractivity contribution in [3.8, 4) is 11.1 Å². The van der Waals surface area contributed by atoms with E-state index in [-0.39, 0.29) is 12.5 Å². The van der Waals surface area contributed by atoms with E-state index in [2.05, 4.69) is 17.4 Å². The van der Waals surface area contributed by atoms with Crippen molar-refractivity contribution in [3.05, 3.63) is 95.1 Å². The molecule has 1 unspecified atom stereocenters. The topological polar surface area (TPSA) is 75.6 Å². The van der Waals surface area contributed by atoms with Gasteiger partial charge in [0.05, 0.1) is 0 Å². The largest absolute Gasteiger partial charge is 0.479 e. The number of rotatable bonds is 4. The van der Waals surface area contributed by atoms with Gasteiger partial charge in [-0.1, -0.05) is 72.8 Å². The van der Waals surface area contributed by atoms with E-state index in [1.54, 1.807) is 12.1 Å². The van der Waals surface area contributed by atoms with E-state index in [0.717, 1.165) is 27.8 Å². The fourth-order valence-electron chi connectivity index (χ4n) is 4.75. The summed E-state index contributed by atoms with van der Waals surface area (Å²) in [5, 5.41) is 13.0. The van der Waals surface area contributed by atoms with Crippen LogP contribution in [0.5, 0.6) is 0 Å². The van der Waals surface area contributed by atoms with Crippen LogP contribution in [0.15, 0.2) is 72.8 Å². The first-order valence-electron chi connectivity index (χ1n) is 10.0. The van der Waals surface area contributed by atoms with Crippen LogP contribution in [0.25, 0.3) is 11.1 Å². The molecule has 3 aromatic carbocycles. The smallest absolute Gasteiger partial charge is 0.342 e. The Morgan fingerprint density at radius 2 is 1.53 bits per heavy atom. The SMILES string of the molecule is O=C(O)C1(C(=O)OCC2c3ccccc3-c3ccccc32)NCCc2ccccc21. The van der Waals surface area contributed by atoms with Gasteiger partial charge in [-0.15, -0.1) is 0 Å². The minimum atomic E-state index is -1.88. The van der Waals surface area contributed by atoms with Crippen molar-refractivity contribution in [2.24, 2.45) is 0 Å². The van der Waals surface area contributed by atoms with Gasteiger partial charge in [-0.25, -0.2) is 9.59 Å². The van der Waals surface area contributed by atoms with Gasteiger partial charge < -0.3 is 9.84 Å². The van der Waals surface area contributed by atoms with Crippen LogP contribution >= 0.6 is 0 Å². The maximum atomic E-state index is 13.2. The predicted octanol–water partition coefficient (Wildman–Crippen LogP) is 3.47. The molecule has 0 bridgehead atoms. The molecule has 5 rings (SSSR count). The molecule has 0 aromatic heterocycles. The third-order valence-corrected chi connectivity index (χ3v) is 6.18. The Kier molecular flexibility index (Phi) is 4.40. The van der Waals surface area contributed by atoms with Gasteiger partial charge in [0.2, 0.25) is 5.54 Å². The van der Waals surface area contributed by atoms with Crippen LogP contribution in [-0.4, -0.2) is 30.2 Å². The highest BCUT2D eigenvalue weighted by Gasteiger charge is 2.52. The molecular formula is C25H21NO4. The number of nitrogens with one attached hydrogen (secondary N) is 1. The van der Waals surface area contributed by atoms with Crippen molar-refractivity contribution in [1.29, 1.82) is 0 Å². The predicted molar refractivity (Wildman–Crippen MR) is 112 cm³/mol. The quantitative estimate of drug-likeness (QED) is 0.519. The van der Waals surface area contributed by atoms with Gasteiger partial charge in [-0.05, 0) is 39.8 Å². The van der Waals surface area contributed by atoms with Crippen LogP contribution < -0.4 is 5.32 Å². The molecule has 0 fully saturated rings. The number of hydrogen-bond acceptors (Lipinski definition) is 4. The Morgan fingerprint density at radius 3 is 2.20 bits per heavy atom. The van der Waals surface area contributed by atoms with E-state index in [4.69, 9.17) is 4.74 Å². The molecule has 30 heavy (non-hydrogen) atoms. The van der Waals surface area contributed by atoms with Crippen molar-refractivity contribution in [1.82, 2.24) is 5.32 Å². The second-order valence-electron chi connectivity index (χ2n) is 7.71. The summed E-state index contributed by atoms with van der Waals surface area (Å²) in [6, 6.07) is 23.3. The second-order valence-corrected chi connectivity index (χ2v) is 7.71. The zero-order valence-corrected chi connectivity index (χ0v) is 16.3. The lowest BCUT2D eigenvalue weighted by Gasteiger charge is -2.34. The number of aliphatic carboxylic acids is 1. The number of carboxylic acid groups (broad SMARTS) is 1. The number of hydrogen-bond donors (Lipinski definition) is 2. The van der Waals surface area contributed by atoms with Gasteiger partial charge in [-0.2, -0.15) is 0 Å². The summed E-state index contributed by atoms with van der Waals surface area (Å²) in [6.07, 6.45) is 0.669. The zero-order chi connectivity index (χ0) is 20.7. The number of benzene rings is 3. The first kappa shape index (κ1) is 18.6. The van der Waals surface area contributed by atoms with Crippen LogP contribution in [0.1, 0.15) is 28.2 Å². The third-order valence-electron chi connectivity index (χ3n) is 6.18. The van der Waals surface area contributed by atoms with E-state index >= 15 is 0 Å². The van der Waals surface area contributed by atoms with Crippen LogP contribution in [-0.2, 0) is 26.3 Å². The summed E-state index contributed by atoms with van der Waals surface area (Å²) >= 11 is 0. The van der Waals surface area contributed by atoms with E-state index in [9.17, 15) is 14.7 Å². The summed E-state index contributed by atoms with van der Waals surface area (Å²) in [5.74, 6) is -2.14.